The molecule has 0 radical (unpaired) electrons. The number of carbonyl (C=O) groups is 2. The van der Waals surface area contributed by atoms with Crippen LogP contribution < -0.4 is 10.6 Å². The number of hydrogen-bond acceptors (Lipinski definition) is 4. The van der Waals surface area contributed by atoms with Crippen LogP contribution in [-0.4, -0.2) is 33.1 Å². The Morgan fingerprint density at radius 2 is 2.53 bits per heavy atom. The van der Waals surface area contributed by atoms with E-state index in [1.807, 2.05) is 6.07 Å². The topological polar surface area (TPSA) is 86.9 Å². The molecular weight excluding hydrogens is 240 g/mol. The van der Waals surface area contributed by atoms with Gasteiger partial charge in [0, 0.05) is 17.5 Å². The smallest absolute Gasteiger partial charge is 0.279 e. The van der Waals surface area contributed by atoms with E-state index >= 15 is 0 Å². The van der Waals surface area contributed by atoms with Gasteiger partial charge in [0.2, 0.25) is 5.91 Å². The lowest BCUT2D eigenvalue weighted by Gasteiger charge is -2.07. The van der Waals surface area contributed by atoms with Crippen molar-refractivity contribution in [2.45, 2.75) is 25.8 Å². The average Bonchev–Trinajstić information content (AvgIpc) is 2.88. The van der Waals surface area contributed by atoms with Gasteiger partial charge < -0.3 is 10.6 Å². The second kappa shape index (κ2) is 5.22. The minimum atomic E-state index is -0.459. The summed E-state index contributed by atoms with van der Waals surface area (Å²) in [5.74, 6) is 0.749. The van der Waals surface area contributed by atoms with Crippen molar-refractivity contribution in [1.82, 2.24) is 15.5 Å². The third kappa shape index (κ3) is 3.00. The fraction of sp³-hybridized carbons (Fsp3) is 0.500. The number of carbonyl (C=O) groups excluding carboxylic acids is 2. The molecule has 0 bridgehead atoms. The summed E-state index contributed by atoms with van der Waals surface area (Å²) >= 11 is 1.12. The van der Waals surface area contributed by atoms with Gasteiger partial charge >= 0.3 is 0 Å². The highest BCUT2D eigenvalue weighted by molar-refractivity contribution is 8.14. The quantitative estimate of drug-likeness (QED) is 0.751. The Balaban J connectivity index is 1.91. The number of H-pyrrole nitrogens is 1. The number of aromatic amines is 1. The lowest BCUT2D eigenvalue weighted by atomic mass is 10.2. The zero-order chi connectivity index (χ0) is 12.3. The number of nitrogens with one attached hydrogen (secondary N) is 3. The van der Waals surface area contributed by atoms with E-state index in [9.17, 15) is 9.59 Å². The van der Waals surface area contributed by atoms with Crippen LogP contribution in [0.1, 0.15) is 19.0 Å². The standard InChI is InChI=1S/C10H14N4O2S/c1-2-3-6-4-8(14-13-6)12-9(15)7-5-17-10(16)11-7/h4,7H,2-3,5H2,1H3,(H,11,16)(H2,12,13,14,15). The van der Waals surface area contributed by atoms with Crippen molar-refractivity contribution < 1.29 is 9.59 Å². The second-order valence-electron chi connectivity index (χ2n) is 3.81. The largest absolute Gasteiger partial charge is 0.334 e. The molecule has 7 heteroatoms. The minimum absolute atomic E-state index is 0.154. The third-order valence-corrected chi connectivity index (χ3v) is 3.27. The molecule has 1 aromatic rings. The van der Waals surface area contributed by atoms with Crippen molar-refractivity contribution >= 4 is 28.7 Å². The summed E-state index contributed by atoms with van der Waals surface area (Å²) in [6.07, 6.45) is 1.92. The minimum Gasteiger partial charge on any atom is -0.334 e. The summed E-state index contributed by atoms with van der Waals surface area (Å²) in [5, 5.41) is 11.9. The first kappa shape index (κ1) is 12.0. The molecule has 2 rings (SSSR count). The second-order valence-corrected chi connectivity index (χ2v) is 4.81. The van der Waals surface area contributed by atoms with E-state index in [-0.39, 0.29) is 11.1 Å². The maximum Gasteiger partial charge on any atom is 0.279 e. The molecule has 2 amide bonds. The Labute approximate surface area is 103 Å². The summed E-state index contributed by atoms with van der Waals surface area (Å²) in [7, 11) is 0. The lowest BCUT2D eigenvalue weighted by Crippen LogP contribution is -2.38. The average molecular weight is 254 g/mol. The molecule has 0 aromatic carbocycles. The van der Waals surface area contributed by atoms with Crippen LogP contribution in [0.4, 0.5) is 10.6 Å². The van der Waals surface area contributed by atoms with Crippen molar-refractivity contribution in [3.63, 3.8) is 0 Å². The van der Waals surface area contributed by atoms with E-state index in [0.29, 0.717) is 11.6 Å². The zero-order valence-electron chi connectivity index (χ0n) is 9.45. The fourth-order valence-electron chi connectivity index (χ4n) is 1.56. The number of hydrogen-bond donors (Lipinski definition) is 3. The number of rotatable bonds is 4. The number of aromatic nitrogens is 2. The highest BCUT2D eigenvalue weighted by atomic mass is 32.2. The molecule has 0 saturated carbocycles. The third-order valence-electron chi connectivity index (χ3n) is 2.39. The summed E-state index contributed by atoms with van der Waals surface area (Å²) in [5.41, 5.74) is 0.993. The molecule has 17 heavy (non-hydrogen) atoms. The van der Waals surface area contributed by atoms with Crippen LogP contribution in [-0.2, 0) is 11.2 Å². The highest BCUT2D eigenvalue weighted by Crippen LogP contribution is 2.15. The summed E-state index contributed by atoms with van der Waals surface area (Å²) in [4.78, 5) is 22.7. The van der Waals surface area contributed by atoms with Crippen LogP contribution in [0.5, 0.6) is 0 Å². The maximum atomic E-state index is 11.7. The first-order valence-corrected chi connectivity index (χ1v) is 6.46. The first-order valence-electron chi connectivity index (χ1n) is 5.47. The van der Waals surface area contributed by atoms with Crippen LogP contribution in [0.25, 0.3) is 0 Å². The van der Waals surface area contributed by atoms with Crippen LogP contribution in [0, 0.1) is 0 Å². The van der Waals surface area contributed by atoms with Crippen LogP contribution >= 0.6 is 11.8 Å². The van der Waals surface area contributed by atoms with Crippen molar-refractivity contribution in [2.24, 2.45) is 0 Å². The lowest BCUT2D eigenvalue weighted by molar-refractivity contribution is -0.117. The van der Waals surface area contributed by atoms with Gasteiger partial charge in [0.1, 0.15) is 6.04 Å². The van der Waals surface area contributed by atoms with Gasteiger partial charge in [-0.2, -0.15) is 5.10 Å². The van der Waals surface area contributed by atoms with Gasteiger partial charge in [-0.1, -0.05) is 25.1 Å². The number of thioether (sulfide) groups is 1. The van der Waals surface area contributed by atoms with Crippen molar-refractivity contribution in [1.29, 1.82) is 0 Å². The SMILES string of the molecule is CCCc1cc(NC(=O)C2CSC(=O)N2)n[nH]1. The predicted molar refractivity (Wildman–Crippen MR) is 66.0 cm³/mol. The molecule has 0 spiro atoms. The molecule has 1 unspecified atom stereocenters. The van der Waals surface area contributed by atoms with Gasteiger partial charge in [0.25, 0.3) is 5.24 Å². The van der Waals surface area contributed by atoms with Crippen LogP contribution in [0.2, 0.25) is 0 Å². The van der Waals surface area contributed by atoms with Gasteiger partial charge in [-0.05, 0) is 6.42 Å². The Morgan fingerprint density at radius 3 is 3.18 bits per heavy atom. The molecule has 92 valence electrons. The molecule has 1 atom stereocenters. The molecular formula is C10H14N4O2S. The molecule has 1 saturated heterocycles. The number of nitrogens with zero attached hydrogens (tertiary/aromatic N) is 1. The summed E-state index contributed by atoms with van der Waals surface area (Å²) in [6, 6.07) is 1.35. The monoisotopic (exact) mass is 254 g/mol. The van der Waals surface area contributed by atoms with E-state index in [0.717, 1.165) is 30.3 Å². The Hall–Kier alpha value is -1.50. The fourth-order valence-corrected chi connectivity index (χ4v) is 2.34. The van der Waals surface area contributed by atoms with E-state index in [4.69, 9.17) is 0 Å². The van der Waals surface area contributed by atoms with E-state index < -0.39 is 6.04 Å². The van der Waals surface area contributed by atoms with Gasteiger partial charge in [0.15, 0.2) is 5.82 Å². The van der Waals surface area contributed by atoms with Gasteiger partial charge in [0.05, 0.1) is 0 Å². The molecule has 6 nitrogen and oxygen atoms in total. The predicted octanol–water partition coefficient (Wildman–Crippen LogP) is 1.13. The van der Waals surface area contributed by atoms with Gasteiger partial charge in [-0.3, -0.25) is 14.7 Å². The summed E-state index contributed by atoms with van der Waals surface area (Å²) < 4.78 is 0. The number of aryl methyl sites for hydroxylation is 1. The van der Waals surface area contributed by atoms with Crippen LogP contribution in [0.3, 0.4) is 0 Å². The Bertz CT molecular complexity index is 432. The van der Waals surface area contributed by atoms with E-state index in [1.54, 1.807) is 0 Å². The van der Waals surface area contributed by atoms with Gasteiger partial charge in [-0.15, -0.1) is 0 Å². The summed E-state index contributed by atoms with van der Waals surface area (Å²) in [6.45, 7) is 2.07. The van der Waals surface area contributed by atoms with Crippen LogP contribution in [0.15, 0.2) is 6.07 Å². The molecule has 1 aromatic heterocycles. The Morgan fingerprint density at radius 1 is 1.71 bits per heavy atom. The number of anilines is 1. The highest BCUT2D eigenvalue weighted by Gasteiger charge is 2.28. The van der Waals surface area contributed by atoms with Gasteiger partial charge in [-0.25, -0.2) is 0 Å². The van der Waals surface area contributed by atoms with Crippen molar-refractivity contribution in [3.05, 3.63) is 11.8 Å². The number of amides is 2. The van der Waals surface area contributed by atoms with Crippen molar-refractivity contribution in [2.75, 3.05) is 11.1 Å². The molecule has 1 aliphatic rings. The molecule has 2 heterocycles. The Kier molecular flexibility index (Phi) is 3.68. The van der Waals surface area contributed by atoms with E-state index in [2.05, 4.69) is 27.8 Å². The molecule has 1 aliphatic heterocycles. The van der Waals surface area contributed by atoms with E-state index in [1.165, 1.54) is 0 Å². The molecule has 0 aliphatic carbocycles. The van der Waals surface area contributed by atoms with Crippen molar-refractivity contribution in [3.8, 4) is 0 Å². The zero-order valence-corrected chi connectivity index (χ0v) is 10.3. The normalized spacial score (nSPS) is 19.1. The maximum absolute atomic E-state index is 11.7. The molecule has 3 N–H and O–H groups in total. The molecule has 1 fully saturated rings. The first-order chi connectivity index (χ1) is 8.19.